The Labute approximate surface area is 81.3 Å². The summed E-state index contributed by atoms with van der Waals surface area (Å²) in [7, 11) is 1.93. The summed E-state index contributed by atoms with van der Waals surface area (Å²) < 4.78 is 0. The van der Waals surface area contributed by atoms with Crippen LogP contribution in [-0.2, 0) is 4.79 Å². The van der Waals surface area contributed by atoms with E-state index in [2.05, 4.69) is 20.8 Å². The van der Waals surface area contributed by atoms with E-state index in [4.69, 9.17) is 0 Å². The molecule has 0 spiro atoms. The highest BCUT2D eigenvalue weighted by Gasteiger charge is 2.28. The van der Waals surface area contributed by atoms with Crippen LogP contribution in [0.15, 0.2) is 0 Å². The molecule has 1 heterocycles. The molecular weight excluding hydrogens is 162 g/mol. The SMILES string of the molecule is CN1C(=O)CC[C@H]1CCC(C)(C)C. The van der Waals surface area contributed by atoms with Crippen molar-refractivity contribution in [1.82, 2.24) is 4.90 Å². The minimum Gasteiger partial charge on any atom is -0.343 e. The van der Waals surface area contributed by atoms with E-state index in [0.717, 1.165) is 19.3 Å². The monoisotopic (exact) mass is 183 g/mol. The summed E-state index contributed by atoms with van der Waals surface area (Å²) >= 11 is 0. The molecule has 0 aliphatic carbocycles. The average molecular weight is 183 g/mol. The maximum atomic E-state index is 11.2. The molecule has 2 heteroatoms. The van der Waals surface area contributed by atoms with Gasteiger partial charge >= 0.3 is 0 Å². The zero-order valence-electron chi connectivity index (χ0n) is 9.26. The third-order valence-electron chi connectivity index (χ3n) is 2.86. The zero-order valence-corrected chi connectivity index (χ0v) is 9.26. The fourth-order valence-electron chi connectivity index (χ4n) is 1.80. The highest BCUT2D eigenvalue weighted by molar-refractivity contribution is 5.78. The molecule has 0 aromatic heterocycles. The van der Waals surface area contributed by atoms with Gasteiger partial charge < -0.3 is 4.90 Å². The number of carbonyl (C=O) groups is 1. The van der Waals surface area contributed by atoms with Gasteiger partial charge in [0.15, 0.2) is 0 Å². The van der Waals surface area contributed by atoms with Gasteiger partial charge in [0.1, 0.15) is 0 Å². The van der Waals surface area contributed by atoms with Crippen molar-refractivity contribution in [2.75, 3.05) is 7.05 Å². The Bertz CT molecular complexity index is 193. The Kier molecular flexibility index (Phi) is 2.99. The van der Waals surface area contributed by atoms with Crippen LogP contribution in [-0.4, -0.2) is 23.9 Å². The smallest absolute Gasteiger partial charge is 0.222 e. The van der Waals surface area contributed by atoms with Gasteiger partial charge in [0.05, 0.1) is 0 Å². The average Bonchev–Trinajstić information content (AvgIpc) is 2.29. The molecule has 1 saturated heterocycles. The molecule has 0 saturated carbocycles. The quantitative estimate of drug-likeness (QED) is 0.644. The molecule has 1 fully saturated rings. The third kappa shape index (κ3) is 3.02. The van der Waals surface area contributed by atoms with Crippen molar-refractivity contribution in [3.05, 3.63) is 0 Å². The van der Waals surface area contributed by atoms with Crippen molar-refractivity contribution in [1.29, 1.82) is 0 Å². The highest BCUT2D eigenvalue weighted by Crippen LogP contribution is 2.27. The van der Waals surface area contributed by atoms with Crippen molar-refractivity contribution < 1.29 is 4.79 Å². The summed E-state index contributed by atoms with van der Waals surface area (Å²) in [4.78, 5) is 13.2. The van der Waals surface area contributed by atoms with Crippen LogP contribution in [0.3, 0.4) is 0 Å². The van der Waals surface area contributed by atoms with Crippen LogP contribution >= 0.6 is 0 Å². The largest absolute Gasteiger partial charge is 0.343 e. The predicted molar refractivity (Wildman–Crippen MR) is 54.5 cm³/mol. The molecule has 13 heavy (non-hydrogen) atoms. The molecule has 0 unspecified atom stereocenters. The number of amides is 1. The van der Waals surface area contributed by atoms with E-state index in [-0.39, 0.29) is 0 Å². The van der Waals surface area contributed by atoms with Crippen LogP contribution in [0, 0.1) is 5.41 Å². The first-order chi connectivity index (χ1) is 5.90. The maximum absolute atomic E-state index is 11.2. The van der Waals surface area contributed by atoms with Gasteiger partial charge in [-0.3, -0.25) is 4.79 Å². The molecule has 2 nitrogen and oxygen atoms in total. The maximum Gasteiger partial charge on any atom is 0.222 e. The van der Waals surface area contributed by atoms with Crippen LogP contribution in [0.4, 0.5) is 0 Å². The topological polar surface area (TPSA) is 20.3 Å². The molecule has 0 radical (unpaired) electrons. The van der Waals surface area contributed by atoms with Gasteiger partial charge in [-0.15, -0.1) is 0 Å². The Morgan fingerprint density at radius 2 is 2.08 bits per heavy atom. The van der Waals surface area contributed by atoms with Gasteiger partial charge in [0.25, 0.3) is 0 Å². The van der Waals surface area contributed by atoms with Crippen LogP contribution in [0.1, 0.15) is 46.5 Å². The summed E-state index contributed by atoms with van der Waals surface area (Å²) in [6.45, 7) is 6.76. The number of likely N-dealkylation sites (tertiary alicyclic amines) is 1. The fraction of sp³-hybridized carbons (Fsp3) is 0.909. The Morgan fingerprint density at radius 3 is 2.46 bits per heavy atom. The predicted octanol–water partition coefficient (Wildman–Crippen LogP) is 2.43. The lowest BCUT2D eigenvalue weighted by Gasteiger charge is -2.24. The first kappa shape index (κ1) is 10.6. The van der Waals surface area contributed by atoms with Gasteiger partial charge in [-0.2, -0.15) is 0 Å². The van der Waals surface area contributed by atoms with E-state index in [9.17, 15) is 4.79 Å². The number of hydrogen-bond acceptors (Lipinski definition) is 1. The summed E-state index contributed by atoms with van der Waals surface area (Å²) in [6.07, 6.45) is 4.18. The second kappa shape index (κ2) is 3.69. The summed E-state index contributed by atoms with van der Waals surface area (Å²) in [6, 6.07) is 0.506. The van der Waals surface area contributed by atoms with E-state index < -0.39 is 0 Å². The summed E-state index contributed by atoms with van der Waals surface area (Å²) in [5.74, 6) is 0.318. The normalized spacial score (nSPS) is 24.2. The third-order valence-corrected chi connectivity index (χ3v) is 2.86. The summed E-state index contributed by atoms with van der Waals surface area (Å²) in [5.41, 5.74) is 0.395. The van der Waals surface area contributed by atoms with Crippen molar-refractivity contribution in [3.8, 4) is 0 Å². The van der Waals surface area contributed by atoms with Gasteiger partial charge in [-0.25, -0.2) is 0 Å². The second-order valence-corrected chi connectivity index (χ2v) is 5.30. The Balaban J connectivity index is 2.35. The van der Waals surface area contributed by atoms with Crippen molar-refractivity contribution >= 4 is 5.91 Å². The molecule has 1 aliphatic heterocycles. The van der Waals surface area contributed by atoms with Crippen LogP contribution in [0.2, 0.25) is 0 Å². The standard InChI is InChI=1S/C11H21NO/c1-11(2,3)8-7-9-5-6-10(13)12(9)4/h9H,5-8H2,1-4H3/t9-/m0/s1. The van der Waals surface area contributed by atoms with Gasteiger partial charge in [0, 0.05) is 19.5 Å². The first-order valence-electron chi connectivity index (χ1n) is 5.16. The number of rotatable bonds is 2. The van der Waals surface area contributed by atoms with E-state index in [1.807, 2.05) is 11.9 Å². The van der Waals surface area contributed by atoms with Crippen LogP contribution in [0.5, 0.6) is 0 Å². The van der Waals surface area contributed by atoms with Gasteiger partial charge in [0.2, 0.25) is 5.91 Å². The number of carbonyl (C=O) groups excluding carboxylic acids is 1. The molecule has 0 N–H and O–H groups in total. The molecule has 1 amide bonds. The molecule has 0 bridgehead atoms. The minimum atomic E-state index is 0.318. The lowest BCUT2D eigenvalue weighted by molar-refractivity contribution is -0.127. The molecule has 76 valence electrons. The number of hydrogen-bond donors (Lipinski definition) is 0. The second-order valence-electron chi connectivity index (χ2n) is 5.30. The van der Waals surface area contributed by atoms with E-state index in [1.165, 1.54) is 6.42 Å². The van der Waals surface area contributed by atoms with Crippen LogP contribution in [0.25, 0.3) is 0 Å². The lowest BCUT2D eigenvalue weighted by atomic mass is 9.88. The number of nitrogens with zero attached hydrogens (tertiary/aromatic N) is 1. The summed E-state index contributed by atoms with van der Waals surface area (Å²) in [5, 5.41) is 0. The fourth-order valence-corrected chi connectivity index (χ4v) is 1.80. The molecule has 1 aliphatic rings. The minimum absolute atomic E-state index is 0.318. The van der Waals surface area contributed by atoms with Crippen molar-refractivity contribution in [2.45, 2.75) is 52.5 Å². The van der Waals surface area contributed by atoms with Crippen LogP contribution < -0.4 is 0 Å². The molecule has 1 rings (SSSR count). The van der Waals surface area contributed by atoms with E-state index in [1.54, 1.807) is 0 Å². The van der Waals surface area contributed by atoms with Gasteiger partial charge in [-0.1, -0.05) is 20.8 Å². The highest BCUT2D eigenvalue weighted by atomic mass is 16.2. The lowest BCUT2D eigenvalue weighted by Crippen LogP contribution is -2.29. The zero-order chi connectivity index (χ0) is 10.1. The Hall–Kier alpha value is -0.530. The molecular formula is C11H21NO. The van der Waals surface area contributed by atoms with E-state index >= 15 is 0 Å². The molecule has 0 aromatic rings. The van der Waals surface area contributed by atoms with Crippen molar-refractivity contribution in [3.63, 3.8) is 0 Å². The first-order valence-corrected chi connectivity index (χ1v) is 5.16. The van der Waals surface area contributed by atoms with Crippen molar-refractivity contribution in [2.24, 2.45) is 5.41 Å². The van der Waals surface area contributed by atoms with E-state index in [0.29, 0.717) is 17.4 Å². The molecule has 1 atom stereocenters. The Morgan fingerprint density at radius 1 is 1.46 bits per heavy atom. The molecule has 0 aromatic carbocycles. The van der Waals surface area contributed by atoms with Gasteiger partial charge in [-0.05, 0) is 24.7 Å².